The third kappa shape index (κ3) is 7.25. The van der Waals surface area contributed by atoms with E-state index in [-0.39, 0.29) is 29.3 Å². The number of hydrogen-bond donors (Lipinski definition) is 1. The topological polar surface area (TPSA) is 86.8 Å². The monoisotopic (exact) mass is 549 g/mol. The molecule has 0 saturated heterocycles. The fourth-order valence-electron chi connectivity index (χ4n) is 5.31. The van der Waals surface area contributed by atoms with Crippen LogP contribution in [0.5, 0.6) is 0 Å². The molecule has 3 aromatic rings. The van der Waals surface area contributed by atoms with Crippen LogP contribution >= 0.6 is 0 Å². The maximum atomic E-state index is 13.7. The molecule has 39 heavy (non-hydrogen) atoms. The molecule has 0 bridgehead atoms. The average Bonchev–Trinajstić information content (AvgIpc) is 2.95. The van der Waals surface area contributed by atoms with E-state index >= 15 is 0 Å². The lowest BCUT2D eigenvalue weighted by Crippen LogP contribution is -2.54. The van der Waals surface area contributed by atoms with Crippen molar-refractivity contribution in [1.29, 1.82) is 0 Å². The van der Waals surface area contributed by atoms with E-state index in [9.17, 15) is 18.0 Å². The summed E-state index contributed by atoms with van der Waals surface area (Å²) < 4.78 is 27.9. The van der Waals surface area contributed by atoms with Gasteiger partial charge in [-0.1, -0.05) is 86.8 Å². The van der Waals surface area contributed by atoms with Crippen molar-refractivity contribution in [3.8, 4) is 0 Å². The maximum Gasteiger partial charge on any atom is 0.243 e. The van der Waals surface area contributed by atoms with Crippen molar-refractivity contribution in [2.45, 2.75) is 68.8 Å². The van der Waals surface area contributed by atoms with Crippen LogP contribution < -0.4 is 5.32 Å². The fraction of sp³-hybridized carbons (Fsp3) is 0.419. The quantitative estimate of drug-likeness (QED) is 0.374. The first kappa shape index (κ1) is 28.8. The molecule has 1 fully saturated rings. The molecule has 0 aromatic heterocycles. The molecular weight excluding hydrogens is 510 g/mol. The molecule has 8 heteroatoms. The van der Waals surface area contributed by atoms with Gasteiger partial charge in [-0.05, 0) is 54.2 Å². The molecule has 3 aromatic carbocycles. The predicted octanol–water partition coefficient (Wildman–Crippen LogP) is 4.76. The third-order valence-corrected chi connectivity index (χ3v) is 9.41. The van der Waals surface area contributed by atoms with Gasteiger partial charge >= 0.3 is 0 Å². The molecule has 0 aliphatic heterocycles. The number of benzene rings is 3. The normalized spacial score (nSPS) is 15.3. The van der Waals surface area contributed by atoms with Crippen molar-refractivity contribution < 1.29 is 18.0 Å². The molecule has 1 aliphatic carbocycles. The number of likely N-dealkylation sites (N-methyl/N-ethyl adjacent to an activating group) is 1. The molecule has 2 amide bonds. The summed E-state index contributed by atoms with van der Waals surface area (Å²) in [5, 5.41) is 4.92. The number of sulfonamides is 1. The number of nitrogens with one attached hydrogen (secondary N) is 1. The van der Waals surface area contributed by atoms with Gasteiger partial charge in [-0.3, -0.25) is 9.59 Å². The smallest absolute Gasteiger partial charge is 0.243 e. The van der Waals surface area contributed by atoms with Crippen LogP contribution in [0.2, 0.25) is 0 Å². The Kier molecular flexibility index (Phi) is 9.75. The first-order valence-corrected chi connectivity index (χ1v) is 15.3. The van der Waals surface area contributed by atoms with Crippen LogP contribution in [0.3, 0.4) is 0 Å². The number of carbonyl (C=O) groups is 2. The van der Waals surface area contributed by atoms with Crippen LogP contribution in [-0.4, -0.2) is 61.7 Å². The number of hydrogen-bond acceptors (Lipinski definition) is 4. The van der Waals surface area contributed by atoms with Crippen LogP contribution in [0.25, 0.3) is 10.8 Å². The minimum absolute atomic E-state index is 0.127. The van der Waals surface area contributed by atoms with Crippen molar-refractivity contribution >= 4 is 32.6 Å². The Morgan fingerprint density at radius 1 is 0.923 bits per heavy atom. The Hall–Kier alpha value is -3.23. The molecule has 4 rings (SSSR count). The summed E-state index contributed by atoms with van der Waals surface area (Å²) in [4.78, 5) is 28.8. The van der Waals surface area contributed by atoms with E-state index in [2.05, 4.69) is 5.32 Å². The number of rotatable bonds is 11. The Balaban J connectivity index is 1.53. The summed E-state index contributed by atoms with van der Waals surface area (Å²) in [6.07, 6.45) is 6.29. The van der Waals surface area contributed by atoms with Gasteiger partial charge in [0.15, 0.2) is 0 Å². The number of fused-ring (bicyclic) bond motifs is 1. The summed E-state index contributed by atoms with van der Waals surface area (Å²) in [5.74, 6) is -0.547. The molecule has 0 unspecified atom stereocenters. The largest absolute Gasteiger partial charge is 0.352 e. The minimum atomic E-state index is -3.92. The van der Waals surface area contributed by atoms with Gasteiger partial charge < -0.3 is 10.2 Å². The molecule has 7 nitrogen and oxygen atoms in total. The Labute approximate surface area is 232 Å². The van der Waals surface area contributed by atoms with E-state index in [1.54, 1.807) is 23.1 Å². The van der Waals surface area contributed by atoms with Crippen LogP contribution in [-0.2, 0) is 26.0 Å². The average molecular weight is 550 g/mol. The summed E-state index contributed by atoms with van der Waals surface area (Å²) >= 11 is 0. The molecular formula is C31H39N3O4S. The second-order valence-corrected chi connectivity index (χ2v) is 12.4. The summed E-state index contributed by atoms with van der Waals surface area (Å²) in [7, 11) is -2.50. The van der Waals surface area contributed by atoms with Gasteiger partial charge in [0.05, 0.1) is 11.4 Å². The van der Waals surface area contributed by atoms with Crippen molar-refractivity contribution in [3.05, 3.63) is 78.4 Å². The lowest BCUT2D eigenvalue weighted by Gasteiger charge is -2.33. The molecule has 1 saturated carbocycles. The van der Waals surface area contributed by atoms with Crippen molar-refractivity contribution in [3.63, 3.8) is 0 Å². The second kappa shape index (κ2) is 13.2. The fourth-order valence-corrected chi connectivity index (χ4v) is 6.47. The zero-order valence-corrected chi connectivity index (χ0v) is 23.7. The SMILES string of the molecule is CC[C@@H](C(=O)NC1CCCCC1)N(CCc1ccccc1)C(=O)CN(C)S(=O)(=O)c1ccc2ccccc2c1. The Bertz CT molecular complexity index is 1370. The standard InChI is InChI=1S/C31H39N3O4S/c1-3-29(31(36)32-27-16-8-5-9-17-27)34(21-20-24-12-6-4-7-13-24)30(35)23-33(2)39(37,38)28-19-18-25-14-10-11-15-26(25)22-28/h4,6-7,10-15,18-19,22,27,29H,3,5,8-9,16-17,20-21,23H2,1-2H3,(H,32,36)/t29-/m0/s1. The van der Waals surface area contributed by atoms with E-state index in [1.807, 2.05) is 61.5 Å². The minimum Gasteiger partial charge on any atom is -0.352 e. The first-order valence-electron chi connectivity index (χ1n) is 13.9. The Morgan fingerprint density at radius 3 is 2.28 bits per heavy atom. The van der Waals surface area contributed by atoms with Gasteiger partial charge in [-0.15, -0.1) is 0 Å². The van der Waals surface area contributed by atoms with Crippen molar-refractivity contribution in [2.75, 3.05) is 20.1 Å². The Morgan fingerprint density at radius 2 is 1.59 bits per heavy atom. The molecule has 1 aliphatic rings. The number of carbonyl (C=O) groups excluding carboxylic acids is 2. The van der Waals surface area contributed by atoms with E-state index in [1.165, 1.54) is 13.5 Å². The molecule has 0 heterocycles. The van der Waals surface area contributed by atoms with E-state index in [0.717, 1.165) is 46.3 Å². The van der Waals surface area contributed by atoms with E-state index in [0.29, 0.717) is 19.4 Å². The second-order valence-electron chi connectivity index (χ2n) is 10.4. The van der Waals surface area contributed by atoms with Gasteiger partial charge in [0.2, 0.25) is 21.8 Å². The van der Waals surface area contributed by atoms with Crippen LogP contribution in [0.15, 0.2) is 77.7 Å². The van der Waals surface area contributed by atoms with E-state index < -0.39 is 16.1 Å². The zero-order valence-electron chi connectivity index (χ0n) is 22.9. The highest BCUT2D eigenvalue weighted by atomic mass is 32.2. The lowest BCUT2D eigenvalue weighted by molar-refractivity contribution is -0.141. The molecule has 1 atom stereocenters. The van der Waals surface area contributed by atoms with Gasteiger partial charge in [0, 0.05) is 19.6 Å². The van der Waals surface area contributed by atoms with Crippen LogP contribution in [0.1, 0.15) is 51.0 Å². The highest BCUT2D eigenvalue weighted by Gasteiger charge is 2.32. The molecule has 0 spiro atoms. The highest BCUT2D eigenvalue weighted by molar-refractivity contribution is 7.89. The zero-order chi connectivity index (χ0) is 27.8. The maximum absolute atomic E-state index is 13.7. The first-order chi connectivity index (χ1) is 18.8. The van der Waals surface area contributed by atoms with Crippen LogP contribution in [0, 0.1) is 0 Å². The number of amides is 2. The summed E-state index contributed by atoms with van der Waals surface area (Å²) in [5.41, 5.74) is 1.05. The summed E-state index contributed by atoms with van der Waals surface area (Å²) in [6.45, 7) is 1.86. The van der Waals surface area contributed by atoms with Gasteiger partial charge in [0.25, 0.3) is 0 Å². The van der Waals surface area contributed by atoms with Crippen molar-refractivity contribution in [1.82, 2.24) is 14.5 Å². The van der Waals surface area contributed by atoms with E-state index in [4.69, 9.17) is 0 Å². The van der Waals surface area contributed by atoms with Gasteiger partial charge in [0.1, 0.15) is 6.04 Å². The molecule has 1 N–H and O–H groups in total. The van der Waals surface area contributed by atoms with Crippen LogP contribution in [0.4, 0.5) is 0 Å². The van der Waals surface area contributed by atoms with Gasteiger partial charge in [-0.2, -0.15) is 4.31 Å². The summed E-state index contributed by atoms with van der Waals surface area (Å²) in [6, 6.07) is 21.8. The van der Waals surface area contributed by atoms with Crippen molar-refractivity contribution in [2.24, 2.45) is 0 Å². The highest BCUT2D eigenvalue weighted by Crippen LogP contribution is 2.22. The molecule has 208 valence electrons. The molecule has 0 radical (unpaired) electrons. The number of nitrogens with zero attached hydrogens (tertiary/aromatic N) is 2. The van der Waals surface area contributed by atoms with Gasteiger partial charge in [-0.25, -0.2) is 8.42 Å². The predicted molar refractivity (Wildman–Crippen MR) is 155 cm³/mol. The third-order valence-electron chi connectivity index (χ3n) is 7.61. The lowest BCUT2D eigenvalue weighted by atomic mass is 9.95.